The van der Waals surface area contributed by atoms with Crippen molar-refractivity contribution in [2.45, 2.75) is 25.9 Å². The molecule has 0 radical (unpaired) electrons. The molecule has 38 heavy (non-hydrogen) atoms. The average Bonchev–Trinajstić information content (AvgIpc) is 3.41. The second-order valence-corrected chi connectivity index (χ2v) is 10.5. The van der Waals surface area contributed by atoms with Gasteiger partial charge in [-0.1, -0.05) is 22.0 Å². The highest BCUT2D eigenvalue weighted by atomic mass is 79.9. The molecule has 194 valence electrons. The molecular formula is C29H28BrN5O2S. The summed E-state index contributed by atoms with van der Waals surface area (Å²) in [5.74, 6) is -0.202. The van der Waals surface area contributed by atoms with Crippen molar-refractivity contribution in [2.75, 3.05) is 23.9 Å². The Kier molecular flexibility index (Phi) is 7.60. The fourth-order valence-electron chi connectivity index (χ4n) is 5.06. The highest BCUT2D eigenvalue weighted by Crippen LogP contribution is 2.44. The minimum absolute atomic E-state index is 0.00367. The summed E-state index contributed by atoms with van der Waals surface area (Å²) in [5, 5.41) is 6.99. The van der Waals surface area contributed by atoms with Gasteiger partial charge in [0.05, 0.1) is 17.8 Å². The number of nitrogens with one attached hydrogen (secondary N) is 2. The molecule has 2 atom stereocenters. The second kappa shape index (κ2) is 11.1. The molecule has 0 spiro atoms. The summed E-state index contributed by atoms with van der Waals surface area (Å²) < 4.78 is 8.22. The van der Waals surface area contributed by atoms with E-state index >= 15 is 0 Å². The number of nitrogens with zero attached hydrogens (tertiary/aromatic N) is 3. The van der Waals surface area contributed by atoms with Crippen molar-refractivity contribution in [2.24, 2.45) is 0 Å². The fourth-order valence-corrected chi connectivity index (χ4v) is 5.67. The number of hydrogen-bond acceptors (Lipinski definition) is 4. The number of carbonyl (C=O) groups is 1. The third-order valence-corrected chi connectivity index (χ3v) is 7.52. The molecule has 9 heteroatoms. The van der Waals surface area contributed by atoms with E-state index in [1.54, 1.807) is 0 Å². The zero-order chi connectivity index (χ0) is 26.8. The predicted molar refractivity (Wildman–Crippen MR) is 158 cm³/mol. The van der Waals surface area contributed by atoms with Crippen LogP contribution in [0.15, 0.2) is 83.5 Å². The summed E-state index contributed by atoms with van der Waals surface area (Å²) in [6.07, 6.45) is 1.81. The van der Waals surface area contributed by atoms with Crippen LogP contribution in [0.5, 0.6) is 0 Å². The number of thiocarbonyl (C=S) groups is 1. The Morgan fingerprint density at radius 3 is 2.45 bits per heavy atom. The van der Waals surface area contributed by atoms with E-state index in [1.165, 1.54) is 7.11 Å². The number of benzene rings is 2. The van der Waals surface area contributed by atoms with Crippen LogP contribution in [0.1, 0.15) is 34.7 Å². The van der Waals surface area contributed by atoms with Gasteiger partial charge in [0.15, 0.2) is 5.11 Å². The summed E-state index contributed by atoms with van der Waals surface area (Å²) in [7, 11) is 1.50. The molecule has 2 N–H and O–H groups in total. The van der Waals surface area contributed by atoms with E-state index in [4.69, 9.17) is 17.0 Å². The number of halogens is 1. The minimum atomic E-state index is -0.202. The third-order valence-electron chi connectivity index (χ3n) is 6.68. The molecule has 2 aromatic carbocycles. The van der Waals surface area contributed by atoms with Crippen LogP contribution in [0.3, 0.4) is 0 Å². The van der Waals surface area contributed by atoms with Gasteiger partial charge < -0.3 is 24.8 Å². The lowest BCUT2D eigenvalue weighted by Gasteiger charge is -2.28. The number of aryl methyl sites for hydroxylation is 1. The Morgan fingerprint density at radius 2 is 1.79 bits per heavy atom. The van der Waals surface area contributed by atoms with Gasteiger partial charge in [0.25, 0.3) is 0 Å². The van der Waals surface area contributed by atoms with E-state index < -0.39 is 0 Å². The predicted octanol–water partition coefficient (Wildman–Crippen LogP) is 6.01. The van der Waals surface area contributed by atoms with Gasteiger partial charge in [0.1, 0.15) is 6.61 Å². The van der Waals surface area contributed by atoms with Gasteiger partial charge in [0.2, 0.25) is 5.91 Å². The van der Waals surface area contributed by atoms with Gasteiger partial charge in [-0.15, -0.1) is 0 Å². The third kappa shape index (κ3) is 5.09. The summed E-state index contributed by atoms with van der Waals surface area (Å²) in [4.78, 5) is 18.8. The van der Waals surface area contributed by atoms with Crippen LogP contribution in [0.2, 0.25) is 0 Å². The summed E-state index contributed by atoms with van der Waals surface area (Å²) in [6, 6.07) is 23.9. The van der Waals surface area contributed by atoms with Gasteiger partial charge in [0, 0.05) is 46.2 Å². The molecule has 0 aliphatic carbocycles. The molecule has 0 saturated carbocycles. The molecule has 1 aliphatic rings. The highest BCUT2D eigenvalue weighted by molar-refractivity contribution is 9.10. The quantitative estimate of drug-likeness (QED) is 0.257. The Labute approximate surface area is 236 Å². The SMILES string of the molecule is COCC(=O)Nc1ccc(N2C(=S)N[C@H](c3ccccn3)[C@H]2c2cc(C)n(-c3ccc(Br)cc3)c2C)cc1. The van der Waals surface area contributed by atoms with Crippen LogP contribution in [0.25, 0.3) is 5.69 Å². The first-order valence-corrected chi connectivity index (χ1v) is 13.4. The molecule has 1 saturated heterocycles. The van der Waals surface area contributed by atoms with Crippen molar-refractivity contribution >= 4 is 50.5 Å². The largest absolute Gasteiger partial charge is 0.375 e. The van der Waals surface area contributed by atoms with Crippen molar-refractivity contribution in [1.82, 2.24) is 14.9 Å². The molecule has 5 rings (SSSR count). The summed E-state index contributed by atoms with van der Waals surface area (Å²) in [6.45, 7) is 4.27. The van der Waals surface area contributed by atoms with Crippen molar-refractivity contribution in [3.05, 3.63) is 106 Å². The zero-order valence-electron chi connectivity index (χ0n) is 21.3. The van der Waals surface area contributed by atoms with Crippen molar-refractivity contribution in [3.8, 4) is 5.69 Å². The van der Waals surface area contributed by atoms with E-state index in [-0.39, 0.29) is 24.6 Å². The van der Waals surface area contributed by atoms with E-state index in [9.17, 15) is 4.79 Å². The van der Waals surface area contributed by atoms with E-state index in [0.717, 1.165) is 38.5 Å². The lowest BCUT2D eigenvalue weighted by atomic mass is 9.96. The summed E-state index contributed by atoms with van der Waals surface area (Å²) in [5.41, 5.74) is 7.05. The average molecular weight is 591 g/mol. The van der Waals surface area contributed by atoms with Crippen molar-refractivity contribution < 1.29 is 9.53 Å². The Bertz CT molecular complexity index is 1460. The topological polar surface area (TPSA) is 71.4 Å². The molecule has 1 fully saturated rings. The first kappa shape index (κ1) is 26.1. The van der Waals surface area contributed by atoms with Crippen LogP contribution < -0.4 is 15.5 Å². The van der Waals surface area contributed by atoms with Crippen molar-refractivity contribution in [3.63, 3.8) is 0 Å². The Balaban J connectivity index is 1.57. The fraction of sp³-hybridized carbons (Fsp3) is 0.207. The van der Waals surface area contributed by atoms with Crippen LogP contribution >= 0.6 is 28.1 Å². The van der Waals surface area contributed by atoms with Crippen molar-refractivity contribution in [1.29, 1.82) is 0 Å². The minimum Gasteiger partial charge on any atom is -0.375 e. The Morgan fingerprint density at radius 1 is 1.08 bits per heavy atom. The molecule has 1 aliphatic heterocycles. The maximum Gasteiger partial charge on any atom is 0.250 e. The molecule has 7 nitrogen and oxygen atoms in total. The van der Waals surface area contributed by atoms with Gasteiger partial charge in [-0.25, -0.2) is 0 Å². The number of aromatic nitrogens is 2. The first-order chi connectivity index (χ1) is 18.4. The van der Waals surface area contributed by atoms with Crippen LogP contribution in [0, 0.1) is 13.8 Å². The zero-order valence-corrected chi connectivity index (χ0v) is 23.7. The van der Waals surface area contributed by atoms with E-state index in [2.05, 4.69) is 85.2 Å². The van der Waals surface area contributed by atoms with E-state index in [1.807, 2.05) is 48.7 Å². The molecule has 0 unspecified atom stereocenters. The highest BCUT2D eigenvalue weighted by Gasteiger charge is 2.42. The number of pyridine rings is 1. The number of rotatable bonds is 7. The number of amides is 1. The first-order valence-electron chi connectivity index (χ1n) is 12.2. The maximum absolute atomic E-state index is 12.0. The second-order valence-electron chi connectivity index (χ2n) is 9.16. The number of hydrogen-bond donors (Lipinski definition) is 2. The lowest BCUT2D eigenvalue weighted by Crippen LogP contribution is -2.29. The summed E-state index contributed by atoms with van der Waals surface area (Å²) >= 11 is 9.43. The van der Waals surface area contributed by atoms with Crippen LogP contribution in [0.4, 0.5) is 11.4 Å². The number of methoxy groups -OCH3 is 1. The standard InChI is InChI=1S/C29H28BrN5O2S/c1-18-16-24(19(2)34(18)22-11-7-20(30)8-12-22)28-27(25-6-4-5-15-31-25)33-29(38)35(28)23-13-9-21(10-14-23)32-26(36)17-37-3/h4-16,27-28H,17H2,1-3H3,(H,32,36)(H,33,38)/t27-,28-/m1/s1. The molecule has 3 heterocycles. The maximum atomic E-state index is 12.0. The lowest BCUT2D eigenvalue weighted by molar-refractivity contribution is -0.119. The number of anilines is 2. The molecule has 0 bridgehead atoms. The van der Waals surface area contributed by atoms with Crippen LogP contribution in [-0.4, -0.2) is 34.3 Å². The number of ether oxygens (including phenoxy) is 1. The number of carbonyl (C=O) groups excluding carboxylic acids is 1. The molecular weight excluding hydrogens is 562 g/mol. The smallest absolute Gasteiger partial charge is 0.250 e. The molecule has 1 amide bonds. The van der Waals surface area contributed by atoms with Gasteiger partial charge >= 0.3 is 0 Å². The Hall–Kier alpha value is -3.53. The van der Waals surface area contributed by atoms with Crippen LogP contribution in [-0.2, 0) is 9.53 Å². The normalized spacial score (nSPS) is 16.9. The molecule has 2 aromatic heterocycles. The molecule has 4 aromatic rings. The van der Waals surface area contributed by atoms with E-state index in [0.29, 0.717) is 10.8 Å². The van der Waals surface area contributed by atoms with Gasteiger partial charge in [-0.05, 0) is 98.4 Å². The monoisotopic (exact) mass is 589 g/mol. The van der Waals surface area contributed by atoms with Gasteiger partial charge in [-0.2, -0.15) is 0 Å². The van der Waals surface area contributed by atoms with Gasteiger partial charge in [-0.3, -0.25) is 9.78 Å².